The van der Waals surface area contributed by atoms with E-state index in [2.05, 4.69) is 26.7 Å². The Hall–Kier alpha value is 0.160. The number of phenolic OH excluding ortho intramolecular Hbond substituents is 1. The molecule has 0 aliphatic carbocycles. The first-order valence-corrected chi connectivity index (χ1v) is 6.87. The smallest absolute Gasteiger partial charge is 0.344 e. The molecule has 0 amide bonds. The zero-order valence-corrected chi connectivity index (χ0v) is 14.6. The van der Waals surface area contributed by atoms with E-state index in [0.29, 0.717) is 5.57 Å². The Balaban J connectivity index is 0.000000399. The van der Waals surface area contributed by atoms with E-state index in [4.69, 9.17) is 58.0 Å². The molecule has 0 saturated heterocycles. The number of hydrogen-bond donors (Lipinski definition) is 1. The van der Waals surface area contributed by atoms with Crippen LogP contribution < -0.4 is 0 Å². The van der Waals surface area contributed by atoms with E-state index in [1.807, 2.05) is 0 Å². The second-order valence-corrected chi connectivity index (χ2v) is 5.28. The summed E-state index contributed by atoms with van der Waals surface area (Å²) in [5.41, 5.74) is 0.386. The SMILES string of the molecule is C=C(C)C(=O)OBr.Oc1c(Cl)c(Cl)c(Cl)c(Cl)c1Cl. The van der Waals surface area contributed by atoms with Gasteiger partial charge in [-0.15, -0.1) is 0 Å². The molecule has 0 bridgehead atoms. The van der Waals surface area contributed by atoms with Gasteiger partial charge in [0.2, 0.25) is 0 Å². The zero-order chi connectivity index (χ0) is 15.3. The van der Waals surface area contributed by atoms with Crippen molar-refractivity contribution in [2.24, 2.45) is 0 Å². The Morgan fingerprint density at radius 3 is 1.58 bits per heavy atom. The van der Waals surface area contributed by atoms with Crippen LogP contribution >= 0.6 is 74.3 Å². The quantitative estimate of drug-likeness (QED) is 0.333. The third-order valence-electron chi connectivity index (χ3n) is 1.61. The van der Waals surface area contributed by atoms with Crippen molar-refractivity contribution in [1.82, 2.24) is 0 Å². The summed E-state index contributed by atoms with van der Waals surface area (Å²) in [6.45, 7) is 4.89. The highest BCUT2D eigenvalue weighted by molar-refractivity contribution is 9.06. The molecule has 0 saturated carbocycles. The Morgan fingerprint density at radius 2 is 1.37 bits per heavy atom. The molecule has 0 aromatic heterocycles. The average molecular weight is 431 g/mol. The monoisotopic (exact) mass is 428 g/mol. The van der Waals surface area contributed by atoms with Crippen molar-refractivity contribution in [3.63, 3.8) is 0 Å². The molecule has 1 rings (SSSR count). The van der Waals surface area contributed by atoms with Crippen LogP contribution in [-0.2, 0) is 8.62 Å². The van der Waals surface area contributed by atoms with Crippen LogP contribution in [0.3, 0.4) is 0 Å². The van der Waals surface area contributed by atoms with Gasteiger partial charge in [0.05, 0.1) is 15.1 Å². The summed E-state index contributed by atoms with van der Waals surface area (Å²) < 4.78 is 4.09. The van der Waals surface area contributed by atoms with Gasteiger partial charge in [0, 0.05) is 5.57 Å². The summed E-state index contributed by atoms with van der Waals surface area (Å²) in [6.07, 6.45) is 0. The largest absolute Gasteiger partial charge is 0.505 e. The average Bonchev–Trinajstić information content (AvgIpc) is 2.40. The molecule has 9 heteroatoms. The Kier molecular flexibility index (Phi) is 8.52. The predicted molar refractivity (Wildman–Crippen MR) is 83.0 cm³/mol. The maximum absolute atomic E-state index is 10.1. The number of phenols is 1. The van der Waals surface area contributed by atoms with Gasteiger partial charge in [-0.05, 0) is 6.92 Å². The van der Waals surface area contributed by atoms with E-state index < -0.39 is 5.97 Å². The molecule has 0 heterocycles. The van der Waals surface area contributed by atoms with Crippen LogP contribution in [0.25, 0.3) is 0 Å². The van der Waals surface area contributed by atoms with E-state index in [-0.39, 0.29) is 30.9 Å². The molecule has 1 N–H and O–H groups in total. The van der Waals surface area contributed by atoms with Gasteiger partial charge in [0.15, 0.2) is 22.0 Å². The first-order valence-electron chi connectivity index (χ1n) is 4.33. The number of hydrogen-bond acceptors (Lipinski definition) is 3. The summed E-state index contributed by atoms with van der Waals surface area (Å²) in [7, 11) is 0. The fraction of sp³-hybridized carbons (Fsp3) is 0.100. The van der Waals surface area contributed by atoms with E-state index in [0.717, 1.165) is 0 Å². The zero-order valence-electron chi connectivity index (χ0n) is 9.24. The molecule has 0 unspecified atom stereocenters. The fourth-order valence-corrected chi connectivity index (χ4v) is 2.06. The van der Waals surface area contributed by atoms with Crippen molar-refractivity contribution < 1.29 is 13.7 Å². The maximum Gasteiger partial charge on any atom is 0.344 e. The number of rotatable bonds is 1. The van der Waals surface area contributed by atoms with Gasteiger partial charge in [-0.3, -0.25) is 0 Å². The van der Waals surface area contributed by atoms with Crippen molar-refractivity contribution in [3.8, 4) is 5.75 Å². The summed E-state index contributed by atoms with van der Waals surface area (Å²) in [5.74, 6) is -0.794. The minimum Gasteiger partial charge on any atom is -0.505 e. The second kappa shape index (κ2) is 8.45. The minimum atomic E-state index is -0.431. The number of carbonyl (C=O) groups is 1. The van der Waals surface area contributed by atoms with Gasteiger partial charge in [-0.1, -0.05) is 64.6 Å². The number of aromatic hydroxyl groups is 1. The lowest BCUT2D eigenvalue weighted by Gasteiger charge is -2.06. The normalized spacial score (nSPS) is 9.42. The molecule has 0 spiro atoms. The fourth-order valence-electron chi connectivity index (χ4n) is 0.659. The van der Waals surface area contributed by atoms with Crippen LogP contribution in [0.5, 0.6) is 5.75 Å². The number of benzene rings is 1. The number of carbonyl (C=O) groups excluding carboxylic acids is 1. The molecule has 106 valence electrons. The van der Waals surface area contributed by atoms with Gasteiger partial charge in [-0.25, -0.2) is 4.79 Å². The topological polar surface area (TPSA) is 46.5 Å². The third-order valence-corrected chi connectivity index (χ3v) is 4.16. The van der Waals surface area contributed by atoms with Crippen molar-refractivity contribution in [1.29, 1.82) is 0 Å². The minimum absolute atomic E-state index is 0.00904. The summed E-state index contributed by atoms with van der Waals surface area (Å²) in [6, 6.07) is 0. The molecule has 0 radical (unpaired) electrons. The Morgan fingerprint density at radius 1 is 1.05 bits per heavy atom. The highest BCUT2D eigenvalue weighted by atomic mass is 79.9. The van der Waals surface area contributed by atoms with Gasteiger partial charge in [-0.2, -0.15) is 0 Å². The Labute approximate surface area is 143 Å². The third kappa shape index (κ3) is 5.21. The van der Waals surface area contributed by atoms with Crippen LogP contribution in [0.15, 0.2) is 12.2 Å². The molecule has 0 fully saturated rings. The molecular weight excluding hydrogens is 425 g/mol. The lowest BCUT2D eigenvalue weighted by molar-refractivity contribution is -0.128. The van der Waals surface area contributed by atoms with Gasteiger partial charge in [0.1, 0.15) is 10.0 Å². The van der Waals surface area contributed by atoms with Crippen molar-refractivity contribution in [2.45, 2.75) is 6.92 Å². The van der Waals surface area contributed by atoms with E-state index in [1.165, 1.54) is 0 Å². The first kappa shape index (κ1) is 19.2. The van der Waals surface area contributed by atoms with E-state index in [9.17, 15) is 9.90 Å². The van der Waals surface area contributed by atoms with Gasteiger partial charge < -0.3 is 8.93 Å². The van der Waals surface area contributed by atoms with Crippen LogP contribution in [0.4, 0.5) is 0 Å². The number of halogens is 6. The molecule has 0 aliphatic rings. The molecular formula is C10H6BrCl5O3. The highest BCUT2D eigenvalue weighted by Gasteiger charge is 2.18. The summed E-state index contributed by atoms with van der Waals surface area (Å²) >= 11 is 30.4. The van der Waals surface area contributed by atoms with Gasteiger partial charge >= 0.3 is 5.97 Å². The maximum atomic E-state index is 10.1. The Bertz CT molecular complexity index is 413. The molecule has 3 nitrogen and oxygen atoms in total. The van der Waals surface area contributed by atoms with Crippen LogP contribution in [0.2, 0.25) is 25.1 Å². The summed E-state index contributed by atoms with van der Waals surface area (Å²) in [5, 5.41) is 9.01. The lowest BCUT2D eigenvalue weighted by atomic mass is 10.3. The molecule has 0 atom stereocenters. The summed E-state index contributed by atoms with van der Waals surface area (Å²) in [4.78, 5) is 10.1. The van der Waals surface area contributed by atoms with Crippen molar-refractivity contribution in [2.75, 3.05) is 0 Å². The van der Waals surface area contributed by atoms with Crippen molar-refractivity contribution >= 4 is 80.2 Å². The lowest BCUT2D eigenvalue weighted by Crippen LogP contribution is -1.94. The van der Waals surface area contributed by atoms with E-state index in [1.54, 1.807) is 6.92 Å². The second-order valence-electron chi connectivity index (χ2n) is 3.06. The highest BCUT2D eigenvalue weighted by Crippen LogP contribution is 2.47. The predicted octanol–water partition coefficient (Wildman–Crippen LogP) is 6.07. The van der Waals surface area contributed by atoms with Crippen molar-refractivity contribution in [3.05, 3.63) is 37.3 Å². The van der Waals surface area contributed by atoms with Gasteiger partial charge in [0.25, 0.3) is 0 Å². The van der Waals surface area contributed by atoms with Crippen LogP contribution in [0, 0.1) is 0 Å². The molecule has 19 heavy (non-hydrogen) atoms. The molecule has 0 aliphatic heterocycles. The molecule has 1 aromatic rings. The van der Waals surface area contributed by atoms with E-state index >= 15 is 0 Å². The van der Waals surface area contributed by atoms with Crippen LogP contribution in [-0.4, -0.2) is 11.1 Å². The standard InChI is InChI=1S/C6HCl5O.C4H5BrO2/c7-1-2(8)4(10)6(12)5(11)3(1)9;1-3(2)4(6)7-5/h12H;1H2,2H3. The molecule has 1 aromatic carbocycles. The first-order chi connectivity index (χ1) is 8.64. The van der Waals surface area contributed by atoms with Crippen LogP contribution in [0.1, 0.15) is 6.92 Å².